The van der Waals surface area contributed by atoms with E-state index in [0.717, 1.165) is 29.4 Å². The van der Waals surface area contributed by atoms with Gasteiger partial charge in [-0.05, 0) is 24.3 Å². The summed E-state index contributed by atoms with van der Waals surface area (Å²) in [7, 11) is 1.58. The van der Waals surface area contributed by atoms with Crippen molar-refractivity contribution >= 4 is 35.1 Å². The van der Waals surface area contributed by atoms with Crippen LogP contribution in [-0.4, -0.2) is 39.7 Å². The standard InChI is InChI=1S/C23H41N3O2S2/c1-5-8-10-12-13-14-16-19(30-17-15-11-9-6-2)21(27)26-20-22(28-4)24-18-25-23(20)29-7-3/h18-19H,5-17H2,1-4H3,(H,26,27). The number of carbonyl (C=O) groups is 1. The smallest absolute Gasteiger partial charge is 0.241 e. The van der Waals surface area contributed by atoms with Gasteiger partial charge in [0, 0.05) is 0 Å². The van der Waals surface area contributed by atoms with Crippen LogP contribution in [-0.2, 0) is 4.79 Å². The lowest BCUT2D eigenvalue weighted by molar-refractivity contribution is -0.115. The molecule has 0 bridgehead atoms. The van der Waals surface area contributed by atoms with E-state index in [9.17, 15) is 4.79 Å². The van der Waals surface area contributed by atoms with Gasteiger partial charge in [-0.15, -0.1) is 23.5 Å². The monoisotopic (exact) mass is 455 g/mol. The molecule has 7 heteroatoms. The van der Waals surface area contributed by atoms with Crippen LogP contribution < -0.4 is 10.1 Å². The Bertz CT molecular complexity index is 588. The summed E-state index contributed by atoms with van der Waals surface area (Å²) in [5.74, 6) is 2.39. The summed E-state index contributed by atoms with van der Waals surface area (Å²) < 4.78 is 5.39. The summed E-state index contributed by atoms with van der Waals surface area (Å²) in [6.07, 6.45) is 14.8. The fourth-order valence-electron chi connectivity index (χ4n) is 3.22. The fourth-order valence-corrected chi connectivity index (χ4v) is 5.10. The van der Waals surface area contributed by atoms with Gasteiger partial charge in [0.25, 0.3) is 0 Å². The van der Waals surface area contributed by atoms with E-state index in [1.54, 1.807) is 30.6 Å². The number of carbonyl (C=O) groups excluding carboxylic acids is 1. The summed E-state index contributed by atoms with van der Waals surface area (Å²) in [6, 6.07) is 0. The number of ether oxygens (including phenoxy) is 1. The molecule has 0 aliphatic carbocycles. The Morgan fingerprint density at radius 3 is 2.33 bits per heavy atom. The number of hydrogen-bond acceptors (Lipinski definition) is 6. The van der Waals surface area contributed by atoms with Crippen LogP contribution in [0.25, 0.3) is 0 Å². The van der Waals surface area contributed by atoms with Crippen molar-refractivity contribution in [1.82, 2.24) is 9.97 Å². The first kappa shape index (κ1) is 27.1. The second-order valence-corrected chi connectivity index (χ2v) is 10.0. The van der Waals surface area contributed by atoms with Crippen LogP contribution in [0.5, 0.6) is 5.88 Å². The van der Waals surface area contributed by atoms with Crippen LogP contribution in [0.15, 0.2) is 11.4 Å². The summed E-state index contributed by atoms with van der Waals surface area (Å²) in [4.78, 5) is 21.7. The molecule has 0 saturated carbocycles. The first-order valence-electron chi connectivity index (χ1n) is 11.6. The first-order valence-corrected chi connectivity index (χ1v) is 13.6. The molecule has 172 valence electrons. The van der Waals surface area contributed by atoms with Gasteiger partial charge in [-0.3, -0.25) is 4.79 Å². The van der Waals surface area contributed by atoms with Gasteiger partial charge in [0.15, 0.2) is 0 Å². The molecule has 0 radical (unpaired) electrons. The maximum absolute atomic E-state index is 13.2. The quantitative estimate of drug-likeness (QED) is 0.146. The van der Waals surface area contributed by atoms with E-state index in [4.69, 9.17) is 4.74 Å². The van der Waals surface area contributed by atoms with Crippen molar-refractivity contribution in [1.29, 1.82) is 0 Å². The van der Waals surface area contributed by atoms with Crippen LogP contribution in [0.2, 0.25) is 0 Å². The molecule has 0 saturated heterocycles. The lowest BCUT2D eigenvalue weighted by Gasteiger charge is -2.18. The minimum Gasteiger partial charge on any atom is -0.479 e. The molecule has 0 fully saturated rings. The van der Waals surface area contributed by atoms with E-state index < -0.39 is 0 Å². The van der Waals surface area contributed by atoms with Crippen molar-refractivity contribution in [3.8, 4) is 5.88 Å². The number of rotatable bonds is 18. The molecular formula is C23H41N3O2S2. The van der Waals surface area contributed by atoms with Crippen molar-refractivity contribution in [3.63, 3.8) is 0 Å². The van der Waals surface area contributed by atoms with Crippen molar-refractivity contribution in [2.24, 2.45) is 0 Å². The molecule has 1 aromatic heterocycles. The fraction of sp³-hybridized carbons (Fsp3) is 0.783. The molecular weight excluding hydrogens is 414 g/mol. The van der Waals surface area contributed by atoms with E-state index >= 15 is 0 Å². The normalized spacial score (nSPS) is 12.0. The molecule has 1 rings (SSSR count). The molecule has 0 aliphatic rings. The van der Waals surface area contributed by atoms with Crippen molar-refractivity contribution in [2.45, 2.75) is 102 Å². The first-order chi connectivity index (χ1) is 14.7. The van der Waals surface area contributed by atoms with Crippen molar-refractivity contribution < 1.29 is 9.53 Å². The maximum Gasteiger partial charge on any atom is 0.241 e. The summed E-state index contributed by atoms with van der Waals surface area (Å²) >= 11 is 3.39. The number of unbranched alkanes of at least 4 members (excludes halogenated alkanes) is 8. The summed E-state index contributed by atoms with van der Waals surface area (Å²) in [6.45, 7) is 6.53. The van der Waals surface area contributed by atoms with Crippen LogP contribution in [0.3, 0.4) is 0 Å². The predicted octanol–water partition coefficient (Wildman–Crippen LogP) is 6.97. The van der Waals surface area contributed by atoms with Gasteiger partial charge in [0.1, 0.15) is 17.0 Å². The Kier molecular flexibility index (Phi) is 16.0. The molecule has 1 heterocycles. The molecule has 1 aromatic rings. The third kappa shape index (κ3) is 10.9. The van der Waals surface area contributed by atoms with Crippen molar-refractivity contribution in [3.05, 3.63) is 6.33 Å². The molecule has 1 N–H and O–H groups in total. The van der Waals surface area contributed by atoms with Gasteiger partial charge < -0.3 is 10.1 Å². The van der Waals surface area contributed by atoms with E-state index in [0.29, 0.717) is 11.6 Å². The molecule has 1 unspecified atom stereocenters. The minimum absolute atomic E-state index is 0.0396. The zero-order chi connectivity index (χ0) is 22.0. The highest BCUT2D eigenvalue weighted by Crippen LogP contribution is 2.32. The Balaban J connectivity index is 2.72. The Hall–Kier alpha value is -0.950. The summed E-state index contributed by atoms with van der Waals surface area (Å²) in [5, 5.41) is 3.83. The van der Waals surface area contributed by atoms with Crippen LogP contribution >= 0.6 is 23.5 Å². The van der Waals surface area contributed by atoms with Gasteiger partial charge >= 0.3 is 0 Å². The van der Waals surface area contributed by atoms with Crippen molar-refractivity contribution in [2.75, 3.05) is 23.9 Å². The van der Waals surface area contributed by atoms with Crippen LogP contribution in [0.4, 0.5) is 5.69 Å². The maximum atomic E-state index is 13.2. The number of aromatic nitrogens is 2. The number of methoxy groups -OCH3 is 1. The van der Waals surface area contributed by atoms with E-state index in [-0.39, 0.29) is 11.2 Å². The third-order valence-electron chi connectivity index (χ3n) is 4.93. The molecule has 1 amide bonds. The van der Waals surface area contributed by atoms with Gasteiger partial charge in [-0.2, -0.15) is 4.98 Å². The summed E-state index contributed by atoms with van der Waals surface area (Å²) in [5.41, 5.74) is 0.608. The molecule has 30 heavy (non-hydrogen) atoms. The second-order valence-electron chi connectivity index (χ2n) is 7.46. The number of hydrogen-bond donors (Lipinski definition) is 1. The minimum atomic E-state index is -0.0396. The molecule has 1 atom stereocenters. The predicted molar refractivity (Wildman–Crippen MR) is 132 cm³/mol. The van der Waals surface area contributed by atoms with E-state index in [1.807, 2.05) is 0 Å². The number of amides is 1. The largest absolute Gasteiger partial charge is 0.479 e. The highest BCUT2D eigenvalue weighted by atomic mass is 32.2. The van der Waals surface area contributed by atoms with E-state index in [1.165, 1.54) is 64.1 Å². The number of anilines is 1. The Morgan fingerprint density at radius 1 is 1.00 bits per heavy atom. The zero-order valence-electron chi connectivity index (χ0n) is 19.4. The second kappa shape index (κ2) is 17.7. The topological polar surface area (TPSA) is 64.1 Å². The highest BCUT2D eigenvalue weighted by molar-refractivity contribution is 8.00. The number of nitrogens with one attached hydrogen (secondary N) is 1. The van der Waals surface area contributed by atoms with Gasteiger partial charge in [0.2, 0.25) is 11.8 Å². The SMILES string of the molecule is CCCCCCCCC(SCCCCCC)C(=O)Nc1c(OC)ncnc1SCC. The number of thioether (sulfide) groups is 2. The van der Waals surface area contributed by atoms with Gasteiger partial charge in [0.05, 0.1) is 12.4 Å². The molecule has 0 aliphatic heterocycles. The number of nitrogens with zero attached hydrogens (tertiary/aromatic N) is 2. The van der Waals surface area contributed by atoms with Gasteiger partial charge in [-0.25, -0.2) is 4.98 Å². The zero-order valence-corrected chi connectivity index (χ0v) is 21.0. The van der Waals surface area contributed by atoms with Gasteiger partial charge in [-0.1, -0.05) is 78.6 Å². The van der Waals surface area contributed by atoms with E-state index in [2.05, 4.69) is 36.1 Å². The molecule has 5 nitrogen and oxygen atoms in total. The lowest BCUT2D eigenvalue weighted by atomic mass is 10.1. The lowest BCUT2D eigenvalue weighted by Crippen LogP contribution is -2.26. The molecule has 0 aromatic carbocycles. The molecule has 0 spiro atoms. The third-order valence-corrected chi connectivity index (χ3v) is 7.18. The average molecular weight is 456 g/mol. The van der Waals surface area contributed by atoms with Crippen LogP contribution in [0, 0.1) is 0 Å². The average Bonchev–Trinajstić information content (AvgIpc) is 2.75. The van der Waals surface area contributed by atoms with Crippen LogP contribution in [0.1, 0.15) is 91.4 Å². The Labute approximate surface area is 192 Å². The Morgan fingerprint density at radius 2 is 1.67 bits per heavy atom. The highest BCUT2D eigenvalue weighted by Gasteiger charge is 2.22.